The molecule has 0 saturated carbocycles. The number of hydrogen-bond acceptors (Lipinski definition) is 2. The molecule has 2 heterocycles. The smallest absolute Gasteiger partial charge is 0.128 e. The summed E-state index contributed by atoms with van der Waals surface area (Å²) in [4.78, 5) is 3.71. The molecule has 0 saturated heterocycles. The summed E-state index contributed by atoms with van der Waals surface area (Å²) in [7, 11) is 0. The third-order valence-corrected chi connectivity index (χ3v) is 7.20. The number of benzene rings is 3. The molecule has 4 aromatic rings. The van der Waals surface area contributed by atoms with Crippen LogP contribution in [0.4, 0.5) is 4.39 Å². The van der Waals surface area contributed by atoms with Crippen molar-refractivity contribution in [1.29, 1.82) is 0 Å². The molecule has 1 aliphatic carbocycles. The van der Waals surface area contributed by atoms with Crippen LogP contribution in [0.25, 0.3) is 22.0 Å². The van der Waals surface area contributed by atoms with Gasteiger partial charge in [-0.05, 0) is 78.3 Å². The molecule has 0 amide bonds. The minimum Gasteiger partial charge on any atom is -0.357 e. The first-order valence-corrected chi connectivity index (χ1v) is 11.7. The molecule has 6 rings (SSSR count). The Hall–Kier alpha value is -2.95. The summed E-state index contributed by atoms with van der Waals surface area (Å²) in [6.07, 6.45) is 3.38. The SMILES string of the molecule is C[C@@H](NC1CCCc2c1[nH]c1ccc(-c3cc(F)c4c(c3)CNC4)cc21)c1ccccc1. The van der Waals surface area contributed by atoms with Gasteiger partial charge in [0.2, 0.25) is 0 Å². The maximum absolute atomic E-state index is 14.6. The number of hydrogen-bond donors (Lipinski definition) is 3. The van der Waals surface area contributed by atoms with Crippen molar-refractivity contribution in [3.63, 3.8) is 0 Å². The predicted molar refractivity (Wildman–Crippen MR) is 128 cm³/mol. The van der Waals surface area contributed by atoms with Gasteiger partial charge in [0.25, 0.3) is 0 Å². The maximum atomic E-state index is 14.6. The van der Waals surface area contributed by atoms with E-state index in [1.807, 2.05) is 0 Å². The van der Waals surface area contributed by atoms with E-state index in [0.29, 0.717) is 12.6 Å². The molecule has 32 heavy (non-hydrogen) atoms. The minimum atomic E-state index is -0.0992. The van der Waals surface area contributed by atoms with Crippen molar-refractivity contribution in [3.8, 4) is 11.1 Å². The monoisotopic (exact) mass is 425 g/mol. The van der Waals surface area contributed by atoms with Crippen LogP contribution in [0, 0.1) is 5.82 Å². The van der Waals surface area contributed by atoms with Gasteiger partial charge in [-0.1, -0.05) is 36.4 Å². The topological polar surface area (TPSA) is 39.9 Å². The van der Waals surface area contributed by atoms with E-state index in [1.165, 1.54) is 34.1 Å². The van der Waals surface area contributed by atoms with Crippen LogP contribution in [0.15, 0.2) is 60.7 Å². The van der Waals surface area contributed by atoms with Crippen LogP contribution in [0.3, 0.4) is 0 Å². The van der Waals surface area contributed by atoms with Crippen LogP contribution in [0.5, 0.6) is 0 Å². The zero-order valence-corrected chi connectivity index (χ0v) is 18.3. The first-order chi connectivity index (χ1) is 15.7. The number of halogens is 1. The summed E-state index contributed by atoms with van der Waals surface area (Å²) in [5.74, 6) is -0.0992. The number of nitrogens with one attached hydrogen (secondary N) is 3. The molecule has 0 fully saturated rings. The van der Waals surface area contributed by atoms with Crippen molar-refractivity contribution in [2.45, 2.75) is 51.4 Å². The van der Waals surface area contributed by atoms with Crippen LogP contribution in [0.2, 0.25) is 0 Å². The molecule has 2 atom stereocenters. The van der Waals surface area contributed by atoms with E-state index in [4.69, 9.17) is 0 Å². The van der Waals surface area contributed by atoms with Crippen molar-refractivity contribution in [1.82, 2.24) is 15.6 Å². The van der Waals surface area contributed by atoms with Crippen LogP contribution in [0.1, 0.15) is 59.8 Å². The molecule has 1 aromatic heterocycles. The van der Waals surface area contributed by atoms with Gasteiger partial charge in [-0.25, -0.2) is 4.39 Å². The van der Waals surface area contributed by atoms with E-state index in [9.17, 15) is 4.39 Å². The van der Waals surface area contributed by atoms with Crippen molar-refractivity contribution < 1.29 is 4.39 Å². The molecule has 1 aliphatic heterocycles. The second-order valence-electron chi connectivity index (χ2n) is 9.22. The van der Waals surface area contributed by atoms with Crippen molar-refractivity contribution in [3.05, 3.63) is 94.4 Å². The van der Waals surface area contributed by atoms with Gasteiger partial charge in [-0.2, -0.15) is 0 Å². The summed E-state index contributed by atoms with van der Waals surface area (Å²) in [6, 6.07) is 21.6. The predicted octanol–water partition coefficient (Wildman–Crippen LogP) is 6.31. The van der Waals surface area contributed by atoms with Gasteiger partial charge in [0.15, 0.2) is 0 Å². The highest BCUT2D eigenvalue weighted by atomic mass is 19.1. The molecule has 2 aliphatic rings. The normalized spacial score (nSPS) is 18.5. The quantitative estimate of drug-likeness (QED) is 0.359. The van der Waals surface area contributed by atoms with Crippen molar-refractivity contribution in [2.75, 3.05) is 0 Å². The Kier molecular flexibility index (Phi) is 4.85. The van der Waals surface area contributed by atoms with E-state index in [1.54, 1.807) is 6.07 Å². The van der Waals surface area contributed by atoms with Gasteiger partial charge in [-0.3, -0.25) is 0 Å². The van der Waals surface area contributed by atoms with E-state index in [0.717, 1.165) is 41.6 Å². The molecule has 3 aromatic carbocycles. The number of H-pyrrole nitrogens is 1. The van der Waals surface area contributed by atoms with Crippen LogP contribution >= 0.6 is 0 Å². The highest BCUT2D eigenvalue weighted by Crippen LogP contribution is 2.38. The molecular formula is C28H28FN3. The molecule has 162 valence electrons. The summed E-state index contributed by atoms with van der Waals surface area (Å²) in [5, 5.41) is 8.37. The summed E-state index contributed by atoms with van der Waals surface area (Å²) in [5.41, 5.74) is 9.15. The Balaban J connectivity index is 1.35. The largest absolute Gasteiger partial charge is 0.357 e. The van der Waals surface area contributed by atoms with Gasteiger partial charge >= 0.3 is 0 Å². The molecular weight excluding hydrogens is 397 g/mol. The van der Waals surface area contributed by atoms with Gasteiger partial charge in [-0.15, -0.1) is 0 Å². The van der Waals surface area contributed by atoms with Gasteiger partial charge in [0.05, 0.1) is 0 Å². The lowest BCUT2D eigenvalue weighted by Crippen LogP contribution is -2.27. The number of fused-ring (bicyclic) bond motifs is 4. The number of aromatic nitrogens is 1. The highest BCUT2D eigenvalue weighted by Gasteiger charge is 2.26. The molecule has 0 bridgehead atoms. The van der Waals surface area contributed by atoms with Crippen LogP contribution in [-0.4, -0.2) is 4.98 Å². The van der Waals surface area contributed by atoms with E-state index >= 15 is 0 Å². The number of rotatable bonds is 4. The second-order valence-corrected chi connectivity index (χ2v) is 9.22. The van der Waals surface area contributed by atoms with Crippen molar-refractivity contribution >= 4 is 10.9 Å². The van der Waals surface area contributed by atoms with Crippen LogP contribution < -0.4 is 10.6 Å². The molecule has 3 nitrogen and oxygen atoms in total. The first-order valence-electron chi connectivity index (χ1n) is 11.7. The van der Waals surface area contributed by atoms with E-state index in [2.05, 4.69) is 77.1 Å². The fourth-order valence-electron chi connectivity index (χ4n) is 5.49. The zero-order chi connectivity index (χ0) is 21.7. The average Bonchev–Trinajstić information content (AvgIpc) is 3.45. The fraction of sp³-hybridized carbons (Fsp3) is 0.286. The fourth-order valence-corrected chi connectivity index (χ4v) is 5.49. The zero-order valence-electron chi connectivity index (χ0n) is 18.3. The lowest BCUT2D eigenvalue weighted by atomic mass is 9.90. The second kappa shape index (κ2) is 7.88. The molecule has 3 N–H and O–H groups in total. The minimum absolute atomic E-state index is 0.0992. The van der Waals surface area contributed by atoms with Crippen molar-refractivity contribution in [2.24, 2.45) is 0 Å². The van der Waals surface area contributed by atoms with Crippen LogP contribution in [-0.2, 0) is 19.5 Å². The molecule has 4 heteroatoms. The third kappa shape index (κ3) is 3.35. The Morgan fingerprint density at radius 1 is 0.969 bits per heavy atom. The Morgan fingerprint density at radius 2 is 1.84 bits per heavy atom. The van der Waals surface area contributed by atoms with E-state index < -0.39 is 0 Å². The molecule has 0 spiro atoms. The van der Waals surface area contributed by atoms with E-state index in [-0.39, 0.29) is 11.9 Å². The van der Waals surface area contributed by atoms with Gasteiger partial charge < -0.3 is 15.6 Å². The molecule has 0 radical (unpaired) electrons. The first kappa shape index (κ1) is 19.7. The Morgan fingerprint density at radius 3 is 2.72 bits per heavy atom. The summed E-state index contributed by atoms with van der Waals surface area (Å²) in [6.45, 7) is 3.61. The standard InChI is InChI=1S/C28H28FN3/c1-17(18-6-3-2-4-7-18)31-27-9-5-8-22-23-13-19(10-11-26(23)32-28(22)27)20-12-21-15-30-16-24(21)25(29)14-20/h2-4,6-7,10-14,17,27,30-32H,5,8-9,15-16H2,1H3/t17-,27?/m1/s1. The maximum Gasteiger partial charge on any atom is 0.128 e. The van der Waals surface area contributed by atoms with Gasteiger partial charge in [0, 0.05) is 47.3 Å². The highest BCUT2D eigenvalue weighted by molar-refractivity contribution is 5.89. The number of aryl methyl sites for hydroxylation is 1. The number of aromatic amines is 1. The molecule has 1 unspecified atom stereocenters. The third-order valence-electron chi connectivity index (χ3n) is 7.20. The Bertz CT molecular complexity index is 1290. The summed E-state index contributed by atoms with van der Waals surface area (Å²) >= 11 is 0. The lowest BCUT2D eigenvalue weighted by Gasteiger charge is -2.27. The average molecular weight is 426 g/mol. The Labute approximate surface area is 188 Å². The van der Waals surface area contributed by atoms with Gasteiger partial charge in [0.1, 0.15) is 5.82 Å². The lowest BCUT2D eigenvalue weighted by molar-refractivity contribution is 0.410. The summed E-state index contributed by atoms with van der Waals surface area (Å²) < 4.78 is 14.6.